The Morgan fingerprint density at radius 1 is 0.938 bits per heavy atom. The van der Waals surface area contributed by atoms with Crippen molar-refractivity contribution in [2.75, 3.05) is 20.2 Å². The first kappa shape index (κ1) is 21.9. The van der Waals surface area contributed by atoms with E-state index in [4.69, 9.17) is 9.52 Å². The van der Waals surface area contributed by atoms with Crippen LogP contribution < -0.4 is 10.0 Å². The van der Waals surface area contributed by atoms with Gasteiger partial charge < -0.3 is 14.8 Å². The van der Waals surface area contributed by atoms with Crippen molar-refractivity contribution >= 4 is 11.0 Å². The highest BCUT2D eigenvalue weighted by Gasteiger charge is 2.13. The fourth-order valence-corrected chi connectivity index (χ4v) is 3.82. The molecular weight excluding hydrogens is 428 g/mol. The molecule has 2 heterocycles. The summed E-state index contributed by atoms with van der Waals surface area (Å²) in [5.41, 5.74) is 3.88. The van der Waals surface area contributed by atoms with E-state index in [-0.39, 0.29) is 19.0 Å². The number of aliphatic hydroxyl groups excluding tert-OH is 1. The first-order chi connectivity index (χ1) is 15.7. The molecule has 2 aromatic heterocycles. The highest BCUT2D eigenvalue weighted by molar-refractivity contribution is 7.83. The van der Waals surface area contributed by atoms with E-state index in [9.17, 15) is 4.21 Å². The lowest BCUT2D eigenvalue weighted by Crippen LogP contribution is -2.20. The Labute approximate surface area is 187 Å². The maximum atomic E-state index is 12.1. The Balaban J connectivity index is 1.53. The largest absolute Gasteiger partial charge is 0.415 e. The average Bonchev–Trinajstić information content (AvgIpc) is 3.34. The Hall–Kier alpha value is -3.31. The van der Waals surface area contributed by atoms with E-state index in [1.54, 1.807) is 24.5 Å². The van der Waals surface area contributed by atoms with Crippen molar-refractivity contribution < 1.29 is 13.7 Å². The van der Waals surface area contributed by atoms with E-state index < -0.39 is 11.0 Å². The second-order valence-electron chi connectivity index (χ2n) is 6.84. The zero-order chi connectivity index (χ0) is 22.3. The van der Waals surface area contributed by atoms with Crippen LogP contribution in [-0.4, -0.2) is 49.7 Å². The number of benzene rings is 2. The zero-order valence-corrected chi connectivity index (χ0v) is 18.2. The van der Waals surface area contributed by atoms with Crippen molar-refractivity contribution in [2.45, 2.75) is 11.4 Å². The summed E-state index contributed by atoms with van der Waals surface area (Å²) < 4.78 is 20.6. The van der Waals surface area contributed by atoms with Crippen LogP contribution in [0.4, 0.5) is 0 Å². The van der Waals surface area contributed by atoms with Crippen LogP contribution in [0, 0.1) is 0 Å². The molecule has 164 valence electrons. The summed E-state index contributed by atoms with van der Waals surface area (Å²) in [7, 11) is 0.519. The molecule has 1 unspecified atom stereocenters. The van der Waals surface area contributed by atoms with Gasteiger partial charge in [-0.15, -0.1) is 10.2 Å². The maximum absolute atomic E-state index is 12.1. The lowest BCUT2D eigenvalue weighted by Gasteiger charge is -2.05. The van der Waals surface area contributed by atoms with Crippen LogP contribution in [0.25, 0.3) is 34.3 Å². The summed E-state index contributed by atoms with van der Waals surface area (Å²) in [6.45, 7) is 0.965. The molecule has 10 heteroatoms. The molecule has 0 bridgehead atoms. The monoisotopic (exact) mass is 450 g/mol. The van der Waals surface area contributed by atoms with Gasteiger partial charge in [-0.1, -0.05) is 24.3 Å². The molecule has 4 aromatic rings. The van der Waals surface area contributed by atoms with Gasteiger partial charge in [0, 0.05) is 24.2 Å². The molecule has 0 saturated heterocycles. The third kappa shape index (κ3) is 5.11. The van der Waals surface area contributed by atoms with Gasteiger partial charge in [-0.2, -0.15) is 0 Å². The highest BCUT2D eigenvalue weighted by Crippen LogP contribution is 2.25. The number of hydrogen-bond acceptors (Lipinski definition) is 8. The molecule has 0 fully saturated rings. The minimum absolute atomic E-state index is 0.0781. The third-order valence-corrected chi connectivity index (χ3v) is 5.74. The fourth-order valence-electron chi connectivity index (χ4n) is 2.99. The summed E-state index contributed by atoms with van der Waals surface area (Å²) in [6, 6.07) is 15.0. The van der Waals surface area contributed by atoms with Crippen molar-refractivity contribution in [3.05, 3.63) is 66.5 Å². The second kappa shape index (κ2) is 10.3. The lowest BCUT2D eigenvalue weighted by atomic mass is 10.1. The van der Waals surface area contributed by atoms with E-state index in [2.05, 4.69) is 30.2 Å². The predicted molar refractivity (Wildman–Crippen MR) is 120 cm³/mol. The van der Waals surface area contributed by atoms with Gasteiger partial charge >= 0.3 is 0 Å². The standard InChI is InChI=1S/C22H22N6O3S/c1-23-12-15-2-4-17(5-3-15)21-27-28-22(31-21)20-14-24-13-19(26-20)16-6-8-18(9-7-16)32(30)25-10-11-29/h2-9,13-14,23,25,29H,10-12H2,1H3. The molecule has 0 aliphatic rings. The summed E-state index contributed by atoms with van der Waals surface area (Å²) in [5.74, 6) is 0.685. The molecule has 32 heavy (non-hydrogen) atoms. The highest BCUT2D eigenvalue weighted by atomic mass is 32.2. The van der Waals surface area contributed by atoms with Gasteiger partial charge in [0.15, 0.2) is 0 Å². The Kier molecular flexibility index (Phi) is 7.07. The van der Waals surface area contributed by atoms with Gasteiger partial charge in [-0.05, 0) is 36.9 Å². The van der Waals surface area contributed by atoms with Gasteiger partial charge in [0.2, 0.25) is 5.89 Å². The topological polar surface area (TPSA) is 126 Å². The van der Waals surface area contributed by atoms with Crippen molar-refractivity contribution in [3.8, 4) is 34.3 Å². The molecule has 0 aliphatic heterocycles. The molecular formula is C22H22N6O3S. The smallest absolute Gasteiger partial charge is 0.268 e. The van der Waals surface area contributed by atoms with Crippen LogP contribution >= 0.6 is 0 Å². The summed E-state index contributed by atoms with van der Waals surface area (Å²) >= 11 is 0. The van der Waals surface area contributed by atoms with E-state index in [0.29, 0.717) is 22.2 Å². The van der Waals surface area contributed by atoms with Crippen LogP contribution in [-0.2, 0) is 17.5 Å². The number of nitrogens with one attached hydrogen (secondary N) is 2. The van der Waals surface area contributed by atoms with Gasteiger partial charge in [0.25, 0.3) is 5.89 Å². The number of nitrogens with zero attached hydrogens (tertiary/aromatic N) is 4. The van der Waals surface area contributed by atoms with Gasteiger partial charge in [0.05, 0.1) is 29.6 Å². The van der Waals surface area contributed by atoms with Crippen molar-refractivity contribution in [2.24, 2.45) is 0 Å². The number of aliphatic hydroxyl groups is 1. The zero-order valence-electron chi connectivity index (χ0n) is 17.4. The number of aromatic nitrogens is 4. The van der Waals surface area contributed by atoms with E-state index in [1.807, 2.05) is 43.4 Å². The minimum atomic E-state index is -1.38. The van der Waals surface area contributed by atoms with Crippen LogP contribution in [0.1, 0.15) is 5.56 Å². The first-order valence-corrected chi connectivity index (χ1v) is 11.1. The Bertz CT molecular complexity index is 1200. The molecule has 0 spiro atoms. The SMILES string of the molecule is CNCc1ccc(-c2nnc(-c3cncc(-c4ccc(S(=O)NCCO)cc4)n3)o2)cc1. The molecule has 1 atom stereocenters. The average molecular weight is 451 g/mol. The van der Waals surface area contributed by atoms with Crippen LogP contribution in [0.15, 0.2) is 70.2 Å². The van der Waals surface area contributed by atoms with Crippen LogP contribution in [0.3, 0.4) is 0 Å². The fraction of sp³-hybridized carbons (Fsp3) is 0.182. The van der Waals surface area contributed by atoms with Crippen LogP contribution in [0.2, 0.25) is 0 Å². The normalized spacial score (nSPS) is 12.1. The molecule has 2 aromatic carbocycles. The Morgan fingerprint density at radius 2 is 1.62 bits per heavy atom. The molecule has 0 aliphatic carbocycles. The third-order valence-electron chi connectivity index (χ3n) is 4.57. The van der Waals surface area contributed by atoms with Gasteiger partial charge in [0.1, 0.15) is 16.7 Å². The van der Waals surface area contributed by atoms with E-state index in [1.165, 1.54) is 0 Å². The summed E-state index contributed by atoms with van der Waals surface area (Å²) in [5, 5.41) is 20.2. The molecule has 9 nitrogen and oxygen atoms in total. The molecule has 0 radical (unpaired) electrons. The lowest BCUT2D eigenvalue weighted by molar-refractivity contribution is 0.302. The van der Waals surface area contributed by atoms with E-state index >= 15 is 0 Å². The number of hydrogen-bond donors (Lipinski definition) is 3. The van der Waals surface area contributed by atoms with E-state index in [0.717, 1.165) is 23.2 Å². The second-order valence-corrected chi connectivity index (χ2v) is 8.14. The summed E-state index contributed by atoms with van der Waals surface area (Å²) in [4.78, 5) is 9.45. The summed E-state index contributed by atoms with van der Waals surface area (Å²) in [6.07, 6.45) is 3.20. The minimum Gasteiger partial charge on any atom is -0.415 e. The molecule has 0 amide bonds. The quantitative estimate of drug-likeness (QED) is 0.354. The molecule has 3 N–H and O–H groups in total. The maximum Gasteiger partial charge on any atom is 0.268 e. The van der Waals surface area contributed by atoms with Crippen molar-refractivity contribution in [1.29, 1.82) is 0 Å². The first-order valence-electron chi connectivity index (χ1n) is 9.94. The molecule has 0 saturated carbocycles. The van der Waals surface area contributed by atoms with Crippen molar-refractivity contribution in [1.82, 2.24) is 30.2 Å². The van der Waals surface area contributed by atoms with Crippen LogP contribution in [0.5, 0.6) is 0 Å². The number of rotatable bonds is 9. The van der Waals surface area contributed by atoms with Gasteiger partial charge in [-0.3, -0.25) is 4.98 Å². The molecule has 4 rings (SSSR count). The van der Waals surface area contributed by atoms with Gasteiger partial charge in [-0.25, -0.2) is 13.9 Å². The predicted octanol–water partition coefficient (Wildman–Crippen LogP) is 2.18. The Morgan fingerprint density at radius 3 is 2.34 bits per heavy atom. The van der Waals surface area contributed by atoms with Crippen molar-refractivity contribution in [3.63, 3.8) is 0 Å².